The van der Waals surface area contributed by atoms with Crippen LogP contribution in [-0.2, 0) is 11.3 Å². The molecule has 1 saturated heterocycles. The van der Waals surface area contributed by atoms with Crippen molar-refractivity contribution in [2.75, 3.05) is 13.1 Å². The summed E-state index contributed by atoms with van der Waals surface area (Å²) in [7, 11) is 0. The maximum Gasteiger partial charge on any atom is 0.251 e. The van der Waals surface area contributed by atoms with E-state index in [9.17, 15) is 9.59 Å². The van der Waals surface area contributed by atoms with Gasteiger partial charge in [-0.05, 0) is 56.2 Å². The second kappa shape index (κ2) is 8.09. The highest BCUT2D eigenvalue weighted by Gasteiger charge is 2.35. The lowest BCUT2D eigenvalue weighted by Gasteiger charge is -2.32. The third-order valence-corrected chi connectivity index (χ3v) is 5.32. The van der Waals surface area contributed by atoms with Gasteiger partial charge in [0.05, 0.1) is 6.54 Å². The highest BCUT2D eigenvalue weighted by Crippen LogP contribution is 2.32. The first-order valence-electron chi connectivity index (χ1n) is 9.97. The van der Waals surface area contributed by atoms with E-state index in [1.165, 1.54) is 0 Å². The quantitative estimate of drug-likeness (QED) is 0.832. The van der Waals surface area contributed by atoms with Gasteiger partial charge in [0.15, 0.2) is 0 Å². The first kappa shape index (κ1) is 18.6. The van der Waals surface area contributed by atoms with Gasteiger partial charge in [-0.1, -0.05) is 0 Å². The molecule has 1 saturated carbocycles. The number of hydrogen-bond acceptors (Lipinski definition) is 4. The summed E-state index contributed by atoms with van der Waals surface area (Å²) in [6.07, 6.45) is 3.92. The number of likely N-dealkylation sites (tertiary alicyclic amines) is 1. The number of hydrogen-bond donors (Lipinski definition) is 1. The molecule has 1 aromatic heterocycles. The molecule has 2 aromatic rings. The minimum absolute atomic E-state index is 0.116. The monoisotopic (exact) mass is 382 g/mol. The van der Waals surface area contributed by atoms with E-state index in [1.54, 1.807) is 12.1 Å². The molecular formula is C22H26N2O4. The fraction of sp³-hybridized carbons (Fsp3) is 0.455. The van der Waals surface area contributed by atoms with Crippen LogP contribution >= 0.6 is 0 Å². The maximum atomic E-state index is 12.3. The van der Waals surface area contributed by atoms with E-state index in [2.05, 4.69) is 5.32 Å². The number of aryl methyl sites for hydroxylation is 1. The first-order valence-corrected chi connectivity index (χ1v) is 9.97. The third kappa shape index (κ3) is 4.55. The van der Waals surface area contributed by atoms with Crippen LogP contribution in [0.15, 0.2) is 40.8 Å². The summed E-state index contributed by atoms with van der Waals surface area (Å²) in [6.45, 7) is 3.78. The van der Waals surface area contributed by atoms with Crippen LogP contribution in [0.25, 0.3) is 0 Å². The lowest BCUT2D eigenvalue weighted by Crippen LogP contribution is -2.42. The molecule has 0 unspecified atom stereocenters. The molecule has 1 aliphatic carbocycles. The smallest absolute Gasteiger partial charge is 0.251 e. The molecule has 1 aromatic carbocycles. The van der Waals surface area contributed by atoms with Gasteiger partial charge in [0.2, 0.25) is 5.91 Å². The van der Waals surface area contributed by atoms with Crippen molar-refractivity contribution in [3.63, 3.8) is 0 Å². The Morgan fingerprint density at radius 2 is 1.79 bits per heavy atom. The minimum atomic E-state index is -0.146. The Morgan fingerprint density at radius 1 is 1.07 bits per heavy atom. The number of nitrogens with one attached hydrogen (secondary N) is 1. The molecule has 28 heavy (non-hydrogen) atoms. The average molecular weight is 382 g/mol. The molecule has 0 atom stereocenters. The molecule has 1 N–H and O–H groups in total. The number of rotatable bonds is 6. The van der Waals surface area contributed by atoms with E-state index < -0.39 is 0 Å². The third-order valence-electron chi connectivity index (χ3n) is 5.32. The summed E-state index contributed by atoms with van der Waals surface area (Å²) in [4.78, 5) is 26.3. The average Bonchev–Trinajstić information content (AvgIpc) is 3.48. The Kier molecular flexibility index (Phi) is 5.37. The van der Waals surface area contributed by atoms with E-state index in [0.717, 1.165) is 56.0 Å². The number of benzene rings is 1. The largest absolute Gasteiger partial charge is 0.490 e. The standard InChI is InChI=1S/C22H26N2O4/c1-15-2-7-20(27-15)14-23-21(25)16-5-8-18(9-6-16)28-19-10-12-24(13-11-19)22(26)17-3-4-17/h2,5-9,17,19H,3-4,10-14H2,1H3,(H,23,25). The number of nitrogens with zero attached hydrogens (tertiary/aromatic N) is 1. The lowest BCUT2D eigenvalue weighted by atomic mass is 10.1. The highest BCUT2D eigenvalue weighted by atomic mass is 16.5. The molecular weight excluding hydrogens is 356 g/mol. The number of piperidine rings is 1. The Labute approximate surface area is 164 Å². The molecule has 0 spiro atoms. The molecule has 6 heteroatoms. The fourth-order valence-corrected chi connectivity index (χ4v) is 3.51. The summed E-state index contributed by atoms with van der Waals surface area (Å²) < 4.78 is 11.5. The molecule has 6 nitrogen and oxygen atoms in total. The summed E-state index contributed by atoms with van der Waals surface area (Å²) in [6, 6.07) is 10.9. The van der Waals surface area contributed by atoms with E-state index in [1.807, 2.05) is 36.1 Å². The molecule has 0 radical (unpaired) electrons. The van der Waals surface area contributed by atoms with E-state index in [-0.39, 0.29) is 17.9 Å². The molecule has 2 fully saturated rings. The Morgan fingerprint density at radius 3 is 2.39 bits per heavy atom. The van der Waals surface area contributed by atoms with Gasteiger partial charge in [-0.25, -0.2) is 0 Å². The van der Waals surface area contributed by atoms with Gasteiger partial charge in [0.25, 0.3) is 5.91 Å². The van der Waals surface area contributed by atoms with Crippen molar-refractivity contribution >= 4 is 11.8 Å². The lowest BCUT2D eigenvalue weighted by molar-refractivity contribution is -0.134. The zero-order valence-electron chi connectivity index (χ0n) is 16.1. The van der Waals surface area contributed by atoms with Crippen molar-refractivity contribution < 1.29 is 18.7 Å². The molecule has 2 amide bonds. The van der Waals surface area contributed by atoms with Crippen LogP contribution in [0, 0.1) is 12.8 Å². The van der Waals surface area contributed by atoms with Crippen LogP contribution in [0.2, 0.25) is 0 Å². The zero-order valence-corrected chi connectivity index (χ0v) is 16.1. The first-order chi connectivity index (χ1) is 13.6. The second-order valence-electron chi connectivity index (χ2n) is 7.64. The number of furan rings is 1. The molecule has 1 aliphatic heterocycles. The SMILES string of the molecule is Cc1ccc(CNC(=O)c2ccc(OC3CCN(C(=O)C4CC4)CC3)cc2)o1. The number of carbonyl (C=O) groups excluding carboxylic acids is 2. The summed E-state index contributed by atoms with van der Waals surface area (Å²) in [5, 5.41) is 2.85. The Balaban J connectivity index is 1.24. The summed E-state index contributed by atoms with van der Waals surface area (Å²) in [5.41, 5.74) is 0.584. The minimum Gasteiger partial charge on any atom is -0.490 e. The second-order valence-corrected chi connectivity index (χ2v) is 7.64. The van der Waals surface area contributed by atoms with Crippen LogP contribution in [0.1, 0.15) is 47.6 Å². The van der Waals surface area contributed by atoms with E-state index in [0.29, 0.717) is 18.0 Å². The molecule has 4 rings (SSSR count). The van der Waals surface area contributed by atoms with Gasteiger partial charge in [-0.2, -0.15) is 0 Å². The number of carbonyl (C=O) groups is 2. The molecule has 2 heterocycles. The van der Waals surface area contributed by atoms with Crippen LogP contribution in [0.3, 0.4) is 0 Å². The Bertz CT molecular complexity index is 830. The molecule has 148 valence electrons. The highest BCUT2D eigenvalue weighted by molar-refractivity contribution is 5.94. The van der Waals surface area contributed by atoms with Crippen molar-refractivity contribution in [1.82, 2.24) is 10.2 Å². The van der Waals surface area contributed by atoms with Gasteiger partial charge < -0.3 is 19.4 Å². The van der Waals surface area contributed by atoms with E-state index in [4.69, 9.17) is 9.15 Å². The summed E-state index contributed by atoms with van der Waals surface area (Å²) in [5.74, 6) is 2.77. The number of amides is 2. The topological polar surface area (TPSA) is 71.8 Å². The van der Waals surface area contributed by atoms with Crippen molar-refractivity contribution in [3.05, 3.63) is 53.5 Å². The van der Waals surface area contributed by atoms with Gasteiger partial charge in [0, 0.05) is 37.4 Å². The van der Waals surface area contributed by atoms with Crippen LogP contribution in [0.4, 0.5) is 0 Å². The maximum absolute atomic E-state index is 12.3. The fourth-order valence-electron chi connectivity index (χ4n) is 3.51. The van der Waals surface area contributed by atoms with Crippen molar-refractivity contribution in [3.8, 4) is 5.75 Å². The van der Waals surface area contributed by atoms with Gasteiger partial charge in [-0.3, -0.25) is 9.59 Å². The normalized spacial score (nSPS) is 17.4. The van der Waals surface area contributed by atoms with Gasteiger partial charge in [-0.15, -0.1) is 0 Å². The van der Waals surface area contributed by atoms with Crippen molar-refractivity contribution in [2.24, 2.45) is 5.92 Å². The predicted octanol–water partition coefficient (Wildman–Crippen LogP) is 3.30. The van der Waals surface area contributed by atoms with Crippen molar-refractivity contribution in [1.29, 1.82) is 0 Å². The molecule has 2 aliphatic rings. The Hall–Kier alpha value is -2.76. The number of ether oxygens (including phenoxy) is 1. The summed E-state index contributed by atoms with van der Waals surface area (Å²) >= 11 is 0. The molecule has 0 bridgehead atoms. The van der Waals surface area contributed by atoms with Crippen LogP contribution in [0.5, 0.6) is 5.75 Å². The van der Waals surface area contributed by atoms with Crippen LogP contribution in [-0.4, -0.2) is 35.9 Å². The van der Waals surface area contributed by atoms with E-state index >= 15 is 0 Å². The van der Waals surface area contributed by atoms with Crippen LogP contribution < -0.4 is 10.1 Å². The van der Waals surface area contributed by atoms with Crippen molar-refractivity contribution in [2.45, 2.75) is 45.3 Å². The van der Waals surface area contributed by atoms with Gasteiger partial charge in [0.1, 0.15) is 23.4 Å². The zero-order chi connectivity index (χ0) is 19.5. The predicted molar refractivity (Wildman–Crippen MR) is 104 cm³/mol. The van der Waals surface area contributed by atoms with Gasteiger partial charge >= 0.3 is 0 Å².